The number of hydrazone groups is 1. The highest BCUT2D eigenvalue weighted by Gasteiger charge is 2.07. The maximum atomic E-state index is 11.8. The van der Waals surface area contributed by atoms with E-state index in [-0.39, 0.29) is 18.0 Å². The Morgan fingerprint density at radius 3 is 2.50 bits per heavy atom. The molecule has 0 atom stereocenters. The van der Waals surface area contributed by atoms with Gasteiger partial charge in [0, 0.05) is 42.5 Å². The van der Waals surface area contributed by atoms with Gasteiger partial charge in [0.2, 0.25) is 0 Å². The smallest absolute Gasteiger partial charge is 0.277 e. The molecule has 9 nitrogen and oxygen atoms in total. The highest BCUT2D eigenvalue weighted by Crippen LogP contribution is 2.23. The second-order valence-corrected chi connectivity index (χ2v) is 5.75. The number of nitro benzene ring substituents is 1. The van der Waals surface area contributed by atoms with Crippen LogP contribution in [-0.4, -0.2) is 41.8 Å². The van der Waals surface area contributed by atoms with Gasteiger partial charge in [0.1, 0.15) is 11.5 Å². The van der Waals surface area contributed by atoms with Crippen molar-refractivity contribution in [1.29, 1.82) is 0 Å². The van der Waals surface area contributed by atoms with Crippen molar-refractivity contribution in [2.75, 3.05) is 24.6 Å². The minimum Gasteiger partial charge on any atom is -0.507 e. The first kappa shape index (κ1) is 20.7. The lowest BCUT2D eigenvalue weighted by Crippen LogP contribution is -2.24. The zero-order valence-corrected chi connectivity index (χ0v) is 15.7. The van der Waals surface area contributed by atoms with Gasteiger partial charge in [-0.3, -0.25) is 14.9 Å². The molecular formula is C19H22N4O5. The van der Waals surface area contributed by atoms with E-state index in [0.717, 1.165) is 18.8 Å². The lowest BCUT2D eigenvalue weighted by atomic mass is 10.2. The average molecular weight is 386 g/mol. The number of hydrogen-bond donors (Lipinski definition) is 2. The molecule has 0 aromatic heterocycles. The van der Waals surface area contributed by atoms with Gasteiger partial charge in [-0.15, -0.1) is 0 Å². The van der Waals surface area contributed by atoms with Crippen LogP contribution in [-0.2, 0) is 4.79 Å². The third-order valence-electron chi connectivity index (χ3n) is 3.95. The van der Waals surface area contributed by atoms with Crippen LogP contribution in [0.1, 0.15) is 19.4 Å². The maximum absolute atomic E-state index is 11.8. The summed E-state index contributed by atoms with van der Waals surface area (Å²) < 4.78 is 5.23. The number of carbonyl (C=O) groups is 1. The SMILES string of the molecule is CCN(CC)c1ccc(C=NNC(=O)COc2ccc([N+](=O)[O-])cc2)c(O)c1. The number of anilines is 1. The van der Waals surface area contributed by atoms with Crippen molar-refractivity contribution in [3.8, 4) is 11.5 Å². The van der Waals surface area contributed by atoms with Crippen LogP contribution < -0.4 is 15.1 Å². The van der Waals surface area contributed by atoms with Gasteiger partial charge in [0.05, 0.1) is 11.1 Å². The number of benzene rings is 2. The summed E-state index contributed by atoms with van der Waals surface area (Å²) in [7, 11) is 0. The highest BCUT2D eigenvalue weighted by atomic mass is 16.6. The molecule has 2 aromatic carbocycles. The first-order chi connectivity index (χ1) is 13.4. The van der Waals surface area contributed by atoms with E-state index in [1.54, 1.807) is 12.1 Å². The molecule has 2 N–H and O–H groups in total. The zero-order valence-electron chi connectivity index (χ0n) is 15.7. The number of aromatic hydroxyl groups is 1. The van der Waals surface area contributed by atoms with Crippen molar-refractivity contribution in [3.05, 3.63) is 58.1 Å². The number of carbonyl (C=O) groups excluding carboxylic acids is 1. The predicted molar refractivity (Wildman–Crippen MR) is 106 cm³/mol. The molecule has 0 saturated carbocycles. The quantitative estimate of drug-likeness (QED) is 0.389. The second kappa shape index (κ2) is 9.91. The topological polar surface area (TPSA) is 117 Å². The number of non-ortho nitro benzene ring substituents is 1. The van der Waals surface area contributed by atoms with E-state index >= 15 is 0 Å². The third-order valence-corrected chi connectivity index (χ3v) is 3.95. The number of phenolic OH excluding ortho intramolecular Hbond substituents is 1. The van der Waals surface area contributed by atoms with Crippen molar-refractivity contribution in [1.82, 2.24) is 5.43 Å². The number of hydrogen-bond acceptors (Lipinski definition) is 7. The van der Waals surface area contributed by atoms with E-state index in [2.05, 4.69) is 15.4 Å². The predicted octanol–water partition coefficient (Wildman–Crippen LogP) is 2.68. The van der Waals surface area contributed by atoms with Crippen LogP contribution in [0, 0.1) is 10.1 Å². The van der Waals surface area contributed by atoms with Crippen LogP contribution in [0.15, 0.2) is 47.6 Å². The van der Waals surface area contributed by atoms with E-state index in [0.29, 0.717) is 11.3 Å². The summed E-state index contributed by atoms with van der Waals surface area (Å²) >= 11 is 0. The number of nitrogens with zero attached hydrogens (tertiary/aromatic N) is 3. The summed E-state index contributed by atoms with van der Waals surface area (Å²) in [4.78, 5) is 23.9. The average Bonchev–Trinajstić information content (AvgIpc) is 2.69. The van der Waals surface area contributed by atoms with Crippen LogP contribution >= 0.6 is 0 Å². The van der Waals surface area contributed by atoms with Crippen molar-refractivity contribution < 1.29 is 19.6 Å². The van der Waals surface area contributed by atoms with Gasteiger partial charge in [-0.2, -0.15) is 5.10 Å². The molecule has 0 aliphatic heterocycles. The van der Waals surface area contributed by atoms with Gasteiger partial charge in [0.15, 0.2) is 6.61 Å². The number of ether oxygens (including phenoxy) is 1. The van der Waals surface area contributed by atoms with E-state index in [1.165, 1.54) is 30.5 Å². The largest absolute Gasteiger partial charge is 0.507 e. The third kappa shape index (κ3) is 5.70. The molecule has 0 radical (unpaired) electrons. The number of amides is 1. The van der Waals surface area contributed by atoms with Crippen molar-refractivity contribution in [2.45, 2.75) is 13.8 Å². The fourth-order valence-electron chi connectivity index (χ4n) is 2.45. The Morgan fingerprint density at radius 2 is 1.93 bits per heavy atom. The Morgan fingerprint density at radius 1 is 1.25 bits per heavy atom. The van der Waals surface area contributed by atoms with Crippen molar-refractivity contribution in [3.63, 3.8) is 0 Å². The highest BCUT2D eigenvalue weighted by molar-refractivity contribution is 5.86. The Bertz CT molecular complexity index is 848. The Kier molecular flexibility index (Phi) is 7.32. The van der Waals surface area contributed by atoms with Crippen molar-refractivity contribution >= 4 is 23.5 Å². The molecule has 148 valence electrons. The van der Waals surface area contributed by atoms with E-state index in [1.807, 2.05) is 19.9 Å². The summed E-state index contributed by atoms with van der Waals surface area (Å²) in [6.07, 6.45) is 1.34. The summed E-state index contributed by atoms with van der Waals surface area (Å²) in [6.45, 7) is 5.42. The first-order valence-corrected chi connectivity index (χ1v) is 8.71. The molecule has 1 amide bonds. The van der Waals surface area contributed by atoms with Crippen LogP contribution in [0.3, 0.4) is 0 Å². The molecule has 28 heavy (non-hydrogen) atoms. The summed E-state index contributed by atoms with van der Waals surface area (Å²) in [5.74, 6) is -0.118. The molecule has 0 heterocycles. The molecule has 2 aromatic rings. The first-order valence-electron chi connectivity index (χ1n) is 8.71. The second-order valence-electron chi connectivity index (χ2n) is 5.75. The summed E-state index contributed by atoms with van der Waals surface area (Å²) in [5, 5.41) is 24.5. The fraction of sp³-hybridized carbons (Fsp3) is 0.263. The number of rotatable bonds is 9. The molecule has 0 fully saturated rings. The zero-order chi connectivity index (χ0) is 20.5. The normalized spacial score (nSPS) is 10.6. The van der Waals surface area contributed by atoms with E-state index in [4.69, 9.17) is 4.74 Å². The lowest BCUT2D eigenvalue weighted by molar-refractivity contribution is -0.384. The molecule has 0 unspecified atom stereocenters. The summed E-state index contributed by atoms with van der Waals surface area (Å²) in [6, 6.07) is 10.6. The van der Waals surface area contributed by atoms with E-state index < -0.39 is 10.8 Å². The van der Waals surface area contributed by atoms with Gasteiger partial charge in [-0.25, -0.2) is 5.43 Å². The van der Waals surface area contributed by atoms with Crippen LogP contribution in [0.25, 0.3) is 0 Å². The van der Waals surface area contributed by atoms with Gasteiger partial charge in [-0.1, -0.05) is 0 Å². The molecular weight excluding hydrogens is 364 g/mol. The van der Waals surface area contributed by atoms with Crippen LogP contribution in [0.4, 0.5) is 11.4 Å². The molecule has 2 rings (SSSR count). The number of nitrogens with one attached hydrogen (secondary N) is 1. The van der Waals surface area contributed by atoms with Crippen LogP contribution in [0.5, 0.6) is 11.5 Å². The Hall–Kier alpha value is -3.62. The molecule has 0 spiro atoms. The van der Waals surface area contributed by atoms with Gasteiger partial charge in [0.25, 0.3) is 11.6 Å². The monoisotopic (exact) mass is 386 g/mol. The standard InChI is InChI=1S/C19H22N4O5/c1-3-22(4-2)16-6-5-14(18(24)11-16)12-20-21-19(25)13-28-17-9-7-15(8-10-17)23(26)27/h5-12,24H,3-4,13H2,1-2H3,(H,21,25). The number of nitro groups is 1. The minimum atomic E-state index is -0.519. The lowest BCUT2D eigenvalue weighted by Gasteiger charge is -2.21. The summed E-state index contributed by atoms with van der Waals surface area (Å²) in [5.41, 5.74) is 3.60. The molecule has 0 saturated heterocycles. The Balaban J connectivity index is 1.86. The molecule has 9 heteroatoms. The van der Waals surface area contributed by atoms with Gasteiger partial charge in [-0.05, 0) is 38.1 Å². The van der Waals surface area contributed by atoms with Gasteiger partial charge < -0.3 is 14.7 Å². The number of phenols is 1. The molecule has 0 bridgehead atoms. The minimum absolute atomic E-state index is 0.0597. The molecule has 0 aliphatic carbocycles. The van der Waals surface area contributed by atoms with E-state index in [9.17, 15) is 20.0 Å². The van der Waals surface area contributed by atoms with Gasteiger partial charge >= 0.3 is 0 Å². The molecule has 0 aliphatic rings. The maximum Gasteiger partial charge on any atom is 0.277 e. The Labute approximate surface area is 162 Å². The fourth-order valence-corrected chi connectivity index (χ4v) is 2.45. The van der Waals surface area contributed by atoms with Crippen molar-refractivity contribution in [2.24, 2.45) is 5.10 Å². The van der Waals surface area contributed by atoms with Crippen LogP contribution in [0.2, 0.25) is 0 Å².